The lowest BCUT2D eigenvalue weighted by Crippen LogP contribution is -2.54. The van der Waals surface area contributed by atoms with Gasteiger partial charge in [0.1, 0.15) is 17.8 Å². The molecule has 1 saturated carbocycles. The summed E-state index contributed by atoms with van der Waals surface area (Å²) in [6.45, 7) is 2.66. The lowest BCUT2D eigenvalue weighted by molar-refractivity contribution is -0.137. The van der Waals surface area contributed by atoms with E-state index >= 15 is 0 Å². The molecule has 7 heteroatoms. The van der Waals surface area contributed by atoms with Crippen LogP contribution in [0.25, 0.3) is 0 Å². The molecule has 1 aromatic rings. The third kappa shape index (κ3) is 4.23. The first-order valence-corrected chi connectivity index (χ1v) is 9.61. The van der Waals surface area contributed by atoms with E-state index in [0.29, 0.717) is 26.0 Å². The largest absolute Gasteiger partial charge is 0.494 e. The van der Waals surface area contributed by atoms with E-state index in [2.05, 4.69) is 10.6 Å². The van der Waals surface area contributed by atoms with E-state index in [-0.39, 0.29) is 24.3 Å². The van der Waals surface area contributed by atoms with Gasteiger partial charge in [0, 0.05) is 6.54 Å². The maximum Gasteiger partial charge on any atom is 0.325 e. The van der Waals surface area contributed by atoms with Crippen molar-refractivity contribution < 1.29 is 19.1 Å². The maximum absolute atomic E-state index is 12.8. The molecule has 0 bridgehead atoms. The van der Waals surface area contributed by atoms with Gasteiger partial charge < -0.3 is 15.4 Å². The smallest absolute Gasteiger partial charge is 0.325 e. The van der Waals surface area contributed by atoms with Crippen molar-refractivity contribution in [3.8, 4) is 5.75 Å². The summed E-state index contributed by atoms with van der Waals surface area (Å²) in [6, 6.07) is 9.00. The fourth-order valence-electron chi connectivity index (χ4n) is 3.85. The van der Waals surface area contributed by atoms with Gasteiger partial charge >= 0.3 is 6.03 Å². The highest BCUT2D eigenvalue weighted by Crippen LogP contribution is 2.38. The molecule has 1 aliphatic heterocycles. The van der Waals surface area contributed by atoms with Gasteiger partial charge in [0.05, 0.1) is 6.61 Å². The molecule has 2 fully saturated rings. The number of amides is 4. The van der Waals surface area contributed by atoms with Crippen LogP contribution in [0.1, 0.15) is 39.0 Å². The number of carbonyl (C=O) groups is 3. The molecule has 4 amide bonds. The van der Waals surface area contributed by atoms with Crippen molar-refractivity contribution in [2.75, 3.05) is 19.7 Å². The molecule has 7 nitrogen and oxygen atoms in total. The van der Waals surface area contributed by atoms with Crippen LogP contribution in [0.4, 0.5) is 4.79 Å². The minimum atomic E-state index is -0.820. The first-order valence-electron chi connectivity index (χ1n) is 9.61. The zero-order valence-electron chi connectivity index (χ0n) is 15.7. The first-order chi connectivity index (χ1) is 13.0. The zero-order valence-corrected chi connectivity index (χ0v) is 15.7. The Morgan fingerprint density at radius 2 is 2.07 bits per heavy atom. The number of para-hydroxylation sites is 1. The molecule has 0 unspecified atom stereocenters. The average Bonchev–Trinajstić information content (AvgIpc) is 2.90. The van der Waals surface area contributed by atoms with Gasteiger partial charge in [0.15, 0.2) is 0 Å². The molecule has 27 heavy (non-hydrogen) atoms. The van der Waals surface area contributed by atoms with Crippen molar-refractivity contribution in [3.05, 3.63) is 30.3 Å². The quantitative estimate of drug-likeness (QED) is 0.566. The van der Waals surface area contributed by atoms with E-state index in [0.717, 1.165) is 29.9 Å². The van der Waals surface area contributed by atoms with Crippen LogP contribution in [0, 0.1) is 5.92 Å². The van der Waals surface area contributed by atoms with Gasteiger partial charge in [-0.3, -0.25) is 14.5 Å². The summed E-state index contributed by atoms with van der Waals surface area (Å²) in [5.41, 5.74) is -0.820. The average molecular weight is 373 g/mol. The summed E-state index contributed by atoms with van der Waals surface area (Å²) in [4.78, 5) is 38.3. The molecule has 1 heterocycles. The van der Waals surface area contributed by atoms with Gasteiger partial charge in [-0.2, -0.15) is 0 Å². The molecule has 0 radical (unpaired) electrons. The van der Waals surface area contributed by atoms with E-state index < -0.39 is 11.6 Å². The van der Waals surface area contributed by atoms with E-state index in [1.807, 2.05) is 37.3 Å². The van der Waals surface area contributed by atoms with Gasteiger partial charge in [0.2, 0.25) is 5.91 Å². The van der Waals surface area contributed by atoms with Gasteiger partial charge in [-0.15, -0.1) is 0 Å². The normalized spacial score (nSPS) is 24.8. The molecule has 146 valence electrons. The Labute approximate surface area is 159 Å². The van der Waals surface area contributed by atoms with Crippen LogP contribution >= 0.6 is 0 Å². The number of ether oxygens (including phenoxy) is 1. The van der Waals surface area contributed by atoms with E-state index in [4.69, 9.17) is 4.74 Å². The number of benzene rings is 1. The Kier molecular flexibility index (Phi) is 5.98. The lowest BCUT2D eigenvalue weighted by atomic mass is 9.73. The van der Waals surface area contributed by atoms with Crippen molar-refractivity contribution in [3.63, 3.8) is 0 Å². The number of urea groups is 1. The van der Waals surface area contributed by atoms with Gasteiger partial charge in [-0.25, -0.2) is 4.79 Å². The van der Waals surface area contributed by atoms with Crippen molar-refractivity contribution >= 4 is 17.8 Å². The standard InChI is InChI=1S/C20H27N3O4/c1-15-8-5-6-11-20(15)18(25)23(19(26)22-20)14-17(24)21-12-7-13-27-16-9-3-2-4-10-16/h2-4,9-10,15H,5-8,11-14H2,1H3,(H,21,24)(H,22,26)/t15-,20-/m0/s1. The number of hydrogen-bond donors (Lipinski definition) is 2. The number of hydrogen-bond acceptors (Lipinski definition) is 4. The fourth-order valence-corrected chi connectivity index (χ4v) is 3.85. The highest BCUT2D eigenvalue weighted by atomic mass is 16.5. The van der Waals surface area contributed by atoms with Crippen molar-refractivity contribution in [2.45, 2.75) is 44.6 Å². The molecule has 1 saturated heterocycles. The number of rotatable bonds is 7. The number of nitrogens with zero attached hydrogens (tertiary/aromatic N) is 1. The minimum Gasteiger partial charge on any atom is -0.494 e. The topological polar surface area (TPSA) is 87.7 Å². The summed E-state index contributed by atoms with van der Waals surface area (Å²) < 4.78 is 5.56. The summed E-state index contributed by atoms with van der Waals surface area (Å²) >= 11 is 0. The Bertz CT molecular complexity index is 694. The van der Waals surface area contributed by atoms with Crippen LogP contribution < -0.4 is 15.4 Å². The molecule has 3 rings (SSSR count). The predicted octanol–water partition coefficient (Wildman–Crippen LogP) is 2.07. The third-order valence-electron chi connectivity index (χ3n) is 5.46. The van der Waals surface area contributed by atoms with Crippen LogP contribution in [-0.2, 0) is 9.59 Å². The van der Waals surface area contributed by atoms with Crippen LogP contribution in [0.15, 0.2) is 30.3 Å². The van der Waals surface area contributed by atoms with Crippen LogP contribution in [0.2, 0.25) is 0 Å². The minimum absolute atomic E-state index is 0.0888. The van der Waals surface area contributed by atoms with Crippen LogP contribution in [0.3, 0.4) is 0 Å². The molecule has 1 aliphatic carbocycles. The highest BCUT2D eigenvalue weighted by molar-refractivity contribution is 6.09. The van der Waals surface area contributed by atoms with E-state index in [9.17, 15) is 14.4 Å². The van der Waals surface area contributed by atoms with E-state index in [1.54, 1.807) is 0 Å². The predicted molar refractivity (Wildman–Crippen MR) is 100 cm³/mol. The van der Waals surface area contributed by atoms with Crippen molar-refractivity contribution in [1.29, 1.82) is 0 Å². The Hall–Kier alpha value is -2.57. The highest BCUT2D eigenvalue weighted by Gasteiger charge is 2.55. The molecule has 1 aromatic carbocycles. The number of carbonyl (C=O) groups excluding carboxylic acids is 3. The Morgan fingerprint density at radius 1 is 1.30 bits per heavy atom. The molecule has 2 N–H and O–H groups in total. The molecule has 2 aliphatic rings. The SMILES string of the molecule is C[C@H]1CCCC[C@]12NC(=O)N(CC(=O)NCCCOc1ccccc1)C2=O. The summed E-state index contributed by atoms with van der Waals surface area (Å²) in [7, 11) is 0. The summed E-state index contributed by atoms with van der Waals surface area (Å²) in [6.07, 6.45) is 4.18. The molecular formula is C20H27N3O4. The molecule has 2 atom stereocenters. The van der Waals surface area contributed by atoms with E-state index in [1.165, 1.54) is 0 Å². The fraction of sp³-hybridized carbons (Fsp3) is 0.550. The Balaban J connectivity index is 1.42. The summed E-state index contributed by atoms with van der Waals surface area (Å²) in [5, 5.41) is 5.60. The zero-order chi connectivity index (χ0) is 19.3. The third-order valence-corrected chi connectivity index (χ3v) is 5.46. The van der Waals surface area contributed by atoms with Gasteiger partial charge in [-0.05, 0) is 37.3 Å². The van der Waals surface area contributed by atoms with Crippen LogP contribution in [0.5, 0.6) is 5.75 Å². The van der Waals surface area contributed by atoms with Gasteiger partial charge in [-0.1, -0.05) is 38.0 Å². The second kappa shape index (κ2) is 8.41. The second-order valence-electron chi connectivity index (χ2n) is 7.30. The second-order valence-corrected chi connectivity index (χ2v) is 7.30. The van der Waals surface area contributed by atoms with Crippen molar-refractivity contribution in [1.82, 2.24) is 15.5 Å². The number of nitrogens with one attached hydrogen (secondary N) is 2. The number of imide groups is 1. The Morgan fingerprint density at radius 3 is 2.81 bits per heavy atom. The first kappa shape index (κ1) is 19.2. The molecule has 0 aromatic heterocycles. The monoisotopic (exact) mass is 373 g/mol. The van der Waals surface area contributed by atoms with Crippen LogP contribution in [-0.4, -0.2) is 48.0 Å². The summed E-state index contributed by atoms with van der Waals surface area (Å²) in [5.74, 6) is 0.280. The lowest BCUT2D eigenvalue weighted by Gasteiger charge is -2.36. The molecule has 1 spiro atoms. The molecular weight excluding hydrogens is 346 g/mol. The maximum atomic E-state index is 12.8. The van der Waals surface area contributed by atoms with Crippen molar-refractivity contribution in [2.24, 2.45) is 5.92 Å². The van der Waals surface area contributed by atoms with Gasteiger partial charge in [0.25, 0.3) is 5.91 Å².